The molecule has 0 unspecified atom stereocenters. The number of carbonyl (C=O) groups excluding carboxylic acids is 1. The second kappa shape index (κ2) is 4.87. The van der Waals surface area contributed by atoms with Crippen molar-refractivity contribution < 1.29 is 14.6 Å². The molecule has 0 spiro atoms. The summed E-state index contributed by atoms with van der Waals surface area (Å²) < 4.78 is 4.32. The molecule has 0 saturated carbocycles. The Morgan fingerprint density at radius 1 is 1.73 bits per heavy atom. The second-order valence-corrected chi connectivity index (χ2v) is 2.07. The van der Waals surface area contributed by atoms with E-state index in [1.807, 2.05) is 0 Å². The standard InChI is InChI=1S/C7H13NO3/c1-3-4-5(9)6(8)7(10)11-2/h3-6,9H,8H2,1-2H3/b4-3+/t5-,6+/m0/s1. The summed E-state index contributed by atoms with van der Waals surface area (Å²) in [7, 11) is 1.23. The van der Waals surface area contributed by atoms with Crippen molar-refractivity contribution in [3.05, 3.63) is 12.2 Å². The molecule has 0 amide bonds. The van der Waals surface area contributed by atoms with Gasteiger partial charge >= 0.3 is 5.97 Å². The zero-order chi connectivity index (χ0) is 8.85. The average Bonchev–Trinajstić information content (AvgIpc) is 2.02. The van der Waals surface area contributed by atoms with Crippen LogP contribution in [0.3, 0.4) is 0 Å². The van der Waals surface area contributed by atoms with E-state index in [4.69, 9.17) is 10.8 Å². The van der Waals surface area contributed by atoms with E-state index in [0.717, 1.165) is 0 Å². The Morgan fingerprint density at radius 2 is 2.27 bits per heavy atom. The molecule has 0 aliphatic carbocycles. The first-order valence-corrected chi connectivity index (χ1v) is 3.27. The van der Waals surface area contributed by atoms with E-state index in [1.54, 1.807) is 13.0 Å². The molecule has 0 saturated heterocycles. The van der Waals surface area contributed by atoms with Crippen molar-refractivity contribution in [2.45, 2.75) is 19.1 Å². The van der Waals surface area contributed by atoms with Crippen LogP contribution in [0, 0.1) is 0 Å². The van der Waals surface area contributed by atoms with Gasteiger partial charge in [0.15, 0.2) is 0 Å². The zero-order valence-electron chi connectivity index (χ0n) is 6.65. The molecule has 64 valence electrons. The minimum absolute atomic E-state index is 0.615. The number of ether oxygens (including phenoxy) is 1. The van der Waals surface area contributed by atoms with E-state index >= 15 is 0 Å². The predicted octanol–water partition coefficient (Wildman–Crippen LogP) is -0.576. The third-order valence-electron chi connectivity index (χ3n) is 1.23. The Hall–Kier alpha value is -0.870. The summed E-state index contributed by atoms with van der Waals surface area (Å²) in [6.45, 7) is 1.73. The van der Waals surface area contributed by atoms with Gasteiger partial charge in [0.1, 0.15) is 6.04 Å². The van der Waals surface area contributed by atoms with Gasteiger partial charge in [-0.15, -0.1) is 0 Å². The van der Waals surface area contributed by atoms with Gasteiger partial charge in [-0.2, -0.15) is 0 Å². The highest BCUT2D eigenvalue weighted by Crippen LogP contribution is 1.94. The first kappa shape index (κ1) is 10.1. The summed E-state index contributed by atoms with van der Waals surface area (Å²) in [5.74, 6) is -0.615. The lowest BCUT2D eigenvalue weighted by molar-refractivity contribution is -0.144. The number of rotatable bonds is 3. The topological polar surface area (TPSA) is 72.5 Å². The van der Waals surface area contributed by atoms with Crippen molar-refractivity contribution in [1.82, 2.24) is 0 Å². The number of esters is 1. The molecule has 0 aliphatic rings. The lowest BCUT2D eigenvalue weighted by atomic mass is 10.1. The summed E-state index contributed by atoms with van der Waals surface area (Å²) in [5.41, 5.74) is 5.28. The van der Waals surface area contributed by atoms with E-state index in [1.165, 1.54) is 13.2 Å². The molecule has 11 heavy (non-hydrogen) atoms. The lowest BCUT2D eigenvalue weighted by Crippen LogP contribution is -2.41. The number of aliphatic hydroxyl groups is 1. The van der Waals surface area contributed by atoms with Crippen LogP contribution >= 0.6 is 0 Å². The molecule has 4 nitrogen and oxygen atoms in total. The fraction of sp³-hybridized carbons (Fsp3) is 0.571. The van der Waals surface area contributed by atoms with Crippen molar-refractivity contribution in [3.8, 4) is 0 Å². The number of nitrogens with two attached hydrogens (primary N) is 1. The number of allylic oxidation sites excluding steroid dienone is 1. The highest BCUT2D eigenvalue weighted by molar-refractivity contribution is 5.76. The smallest absolute Gasteiger partial charge is 0.325 e. The van der Waals surface area contributed by atoms with Crippen molar-refractivity contribution in [2.24, 2.45) is 5.73 Å². The van der Waals surface area contributed by atoms with E-state index in [9.17, 15) is 4.79 Å². The number of hydrogen-bond acceptors (Lipinski definition) is 4. The van der Waals surface area contributed by atoms with Gasteiger partial charge in [0.05, 0.1) is 13.2 Å². The van der Waals surface area contributed by atoms with Crippen molar-refractivity contribution in [2.75, 3.05) is 7.11 Å². The van der Waals surface area contributed by atoms with Gasteiger partial charge in [0.25, 0.3) is 0 Å². The predicted molar refractivity (Wildman–Crippen MR) is 40.8 cm³/mol. The molecule has 0 aromatic heterocycles. The molecular weight excluding hydrogens is 146 g/mol. The Balaban J connectivity index is 4.01. The molecule has 0 aliphatic heterocycles. The molecule has 0 heterocycles. The quantitative estimate of drug-likeness (QED) is 0.427. The Labute approximate surface area is 65.6 Å². The fourth-order valence-electron chi connectivity index (χ4n) is 0.592. The third kappa shape index (κ3) is 3.15. The molecule has 3 N–H and O–H groups in total. The first-order valence-electron chi connectivity index (χ1n) is 3.27. The van der Waals surface area contributed by atoms with Crippen LogP contribution in [0.4, 0.5) is 0 Å². The van der Waals surface area contributed by atoms with Gasteiger partial charge in [0, 0.05) is 0 Å². The lowest BCUT2D eigenvalue weighted by Gasteiger charge is -2.11. The van der Waals surface area contributed by atoms with Gasteiger partial charge in [0.2, 0.25) is 0 Å². The van der Waals surface area contributed by atoms with E-state index in [-0.39, 0.29) is 0 Å². The number of aliphatic hydroxyl groups excluding tert-OH is 1. The Morgan fingerprint density at radius 3 is 2.64 bits per heavy atom. The minimum Gasteiger partial charge on any atom is -0.468 e. The molecular formula is C7H13NO3. The van der Waals surface area contributed by atoms with Crippen LogP contribution in [0.1, 0.15) is 6.92 Å². The summed E-state index contributed by atoms with van der Waals surface area (Å²) in [4.78, 5) is 10.7. The number of hydrogen-bond donors (Lipinski definition) is 2. The maximum absolute atomic E-state index is 10.7. The molecule has 0 bridgehead atoms. The summed E-state index contributed by atoms with van der Waals surface area (Å²) in [5, 5.41) is 9.11. The van der Waals surface area contributed by atoms with Gasteiger partial charge < -0.3 is 15.6 Å². The summed E-state index contributed by atoms with van der Waals surface area (Å²) in [6, 6.07) is -0.990. The van der Waals surface area contributed by atoms with Crippen LogP contribution in [-0.2, 0) is 9.53 Å². The number of carbonyl (C=O) groups is 1. The second-order valence-electron chi connectivity index (χ2n) is 2.07. The van der Waals surface area contributed by atoms with Gasteiger partial charge in [-0.3, -0.25) is 4.79 Å². The SMILES string of the molecule is C/C=C/[C@H](O)[C@@H](N)C(=O)OC. The van der Waals surface area contributed by atoms with Gasteiger partial charge in [-0.05, 0) is 6.92 Å². The molecule has 2 atom stereocenters. The molecule has 0 aromatic carbocycles. The molecule has 4 heteroatoms. The van der Waals surface area contributed by atoms with Crippen LogP contribution in [0.2, 0.25) is 0 Å². The summed E-state index contributed by atoms with van der Waals surface area (Å²) in [6.07, 6.45) is 2.09. The van der Waals surface area contributed by atoms with Crippen LogP contribution in [-0.4, -0.2) is 30.3 Å². The van der Waals surface area contributed by atoms with Crippen LogP contribution in [0.25, 0.3) is 0 Å². The zero-order valence-corrected chi connectivity index (χ0v) is 6.65. The maximum atomic E-state index is 10.7. The van der Waals surface area contributed by atoms with Crippen LogP contribution in [0.5, 0.6) is 0 Å². The molecule has 0 rings (SSSR count). The van der Waals surface area contributed by atoms with Crippen LogP contribution in [0.15, 0.2) is 12.2 Å². The Bertz CT molecular complexity index is 156. The summed E-state index contributed by atoms with van der Waals surface area (Å²) >= 11 is 0. The van der Waals surface area contributed by atoms with E-state index in [2.05, 4.69) is 4.74 Å². The molecule has 0 radical (unpaired) electrons. The number of methoxy groups -OCH3 is 1. The highest BCUT2D eigenvalue weighted by atomic mass is 16.5. The fourth-order valence-corrected chi connectivity index (χ4v) is 0.592. The molecule has 0 fully saturated rings. The maximum Gasteiger partial charge on any atom is 0.325 e. The first-order chi connectivity index (χ1) is 5.13. The normalized spacial score (nSPS) is 16.4. The van der Waals surface area contributed by atoms with Gasteiger partial charge in [-0.1, -0.05) is 12.2 Å². The Kier molecular flexibility index (Phi) is 4.49. The van der Waals surface area contributed by atoms with E-state index < -0.39 is 18.1 Å². The van der Waals surface area contributed by atoms with Crippen LogP contribution < -0.4 is 5.73 Å². The van der Waals surface area contributed by atoms with Gasteiger partial charge in [-0.25, -0.2) is 0 Å². The largest absolute Gasteiger partial charge is 0.468 e. The van der Waals surface area contributed by atoms with Crippen molar-refractivity contribution >= 4 is 5.97 Å². The monoisotopic (exact) mass is 159 g/mol. The highest BCUT2D eigenvalue weighted by Gasteiger charge is 2.20. The minimum atomic E-state index is -0.990. The van der Waals surface area contributed by atoms with Crippen molar-refractivity contribution in [1.29, 1.82) is 0 Å². The van der Waals surface area contributed by atoms with Crippen molar-refractivity contribution in [3.63, 3.8) is 0 Å². The molecule has 0 aromatic rings. The third-order valence-corrected chi connectivity index (χ3v) is 1.23. The average molecular weight is 159 g/mol. The van der Waals surface area contributed by atoms with E-state index in [0.29, 0.717) is 0 Å².